The van der Waals surface area contributed by atoms with Gasteiger partial charge in [-0.25, -0.2) is 4.39 Å². The molecule has 6 heteroatoms. The van der Waals surface area contributed by atoms with E-state index in [0.29, 0.717) is 36.6 Å². The zero-order valence-electron chi connectivity index (χ0n) is 14.0. The molecule has 2 N–H and O–H groups in total. The van der Waals surface area contributed by atoms with Crippen LogP contribution in [-0.2, 0) is 11.4 Å². The molecule has 2 aromatic carbocycles. The standard InChI is InChI=1S/C19H21FN2O3/c1-2-25-18-8-7-14(11-13(18)12-23)21-16-9-10-22(19(16)24)17-6-4-3-5-15(17)20/h3-8,11,16,21,23H,2,9-10,12H2,1H3/t16-/m0/s1. The van der Waals surface area contributed by atoms with Crippen molar-refractivity contribution in [3.8, 4) is 5.75 Å². The lowest BCUT2D eigenvalue weighted by molar-refractivity contribution is -0.117. The highest BCUT2D eigenvalue weighted by Gasteiger charge is 2.33. The maximum atomic E-state index is 13.9. The Balaban J connectivity index is 1.74. The van der Waals surface area contributed by atoms with Crippen LogP contribution in [0.3, 0.4) is 0 Å². The zero-order valence-corrected chi connectivity index (χ0v) is 14.0. The molecule has 1 fully saturated rings. The molecule has 0 aliphatic carbocycles. The molecule has 1 aliphatic heterocycles. The summed E-state index contributed by atoms with van der Waals surface area (Å²) in [5, 5.41) is 12.7. The normalized spacial score (nSPS) is 17.0. The molecule has 0 radical (unpaired) electrons. The molecule has 2 aromatic rings. The Morgan fingerprint density at radius 3 is 2.84 bits per heavy atom. The fourth-order valence-corrected chi connectivity index (χ4v) is 3.01. The summed E-state index contributed by atoms with van der Waals surface area (Å²) in [6.07, 6.45) is 0.578. The molecule has 0 spiro atoms. The van der Waals surface area contributed by atoms with Crippen molar-refractivity contribution in [1.29, 1.82) is 0 Å². The van der Waals surface area contributed by atoms with Gasteiger partial charge in [0, 0.05) is 17.8 Å². The van der Waals surface area contributed by atoms with Gasteiger partial charge in [-0.15, -0.1) is 0 Å². The molecule has 1 saturated heterocycles. The number of benzene rings is 2. The Labute approximate surface area is 146 Å². The number of hydrogen-bond donors (Lipinski definition) is 2. The number of carbonyl (C=O) groups excluding carboxylic acids is 1. The minimum Gasteiger partial charge on any atom is -0.494 e. The van der Waals surface area contributed by atoms with E-state index in [4.69, 9.17) is 4.74 Å². The van der Waals surface area contributed by atoms with Crippen LogP contribution in [-0.4, -0.2) is 30.2 Å². The number of anilines is 2. The van der Waals surface area contributed by atoms with Crippen LogP contribution in [0.5, 0.6) is 5.75 Å². The van der Waals surface area contributed by atoms with Crippen LogP contribution in [0, 0.1) is 5.82 Å². The molecule has 25 heavy (non-hydrogen) atoms. The van der Waals surface area contributed by atoms with Gasteiger partial charge in [0.2, 0.25) is 5.91 Å². The van der Waals surface area contributed by atoms with Gasteiger partial charge < -0.3 is 20.1 Å². The fourth-order valence-electron chi connectivity index (χ4n) is 3.01. The van der Waals surface area contributed by atoms with Crippen molar-refractivity contribution in [2.45, 2.75) is 26.0 Å². The van der Waals surface area contributed by atoms with Crippen LogP contribution in [0.1, 0.15) is 18.9 Å². The Morgan fingerprint density at radius 2 is 2.12 bits per heavy atom. The molecule has 0 bridgehead atoms. The second-order valence-electron chi connectivity index (χ2n) is 5.84. The van der Waals surface area contributed by atoms with E-state index in [1.165, 1.54) is 11.0 Å². The third-order valence-electron chi connectivity index (χ3n) is 4.22. The van der Waals surface area contributed by atoms with Gasteiger partial charge in [-0.1, -0.05) is 12.1 Å². The molecule has 3 rings (SSSR count). The first-order chi connectivity index (χ1) is 12.1. The average Bonchev–Trinajstić information content (AvgIpc) is 2.97. The molecule has 0 saturated carbocycles. The number of ether oxygens (including phenoxy) is 1. The molecule has 0 aromatic heterocycles. The average molecular weight is 344 g/mol. The summed E-state index contributed by atoms with van der Waals surface area (Å²) in [4.78, 5) is 14.1. The maximum absolute atomic E-state index is 13.9. The van der Waals surface area contributed by atoms with Crippen molar-refractivity contribution in [3.05, 3.63) is 53.8 Å². The van der Waals surface area contributed by atoms with Gasteiger partial charge in [0.25, 0.3) is 0 Å². The number of nitrogens with one attached hydrogen (secondary N) is 1. The van der Waals surface area contributed by atoms with Crippen molar-refractivity contribution in [1.82, 2.24) is 0 Å². The number of para-hydroxylation sites is 1. The first-order valence-corrected chi connectivity index (χ1v) is 8.33. The SMILES string of the molecule is CCOc1ccc(N[C@H]2CCN(c3ccccc3F)C2=O)cc1CO. The largest absolute Gasteiger partial charge is 0.494 e. The topological polar surface area (TPSA) is 61.8 Å². The molecule has 1 heterocycles. The van der Waals surface area contributed by atoms with Crippen molar-refractivity contribution < 1.29 is 19.0 Å². The van der Waals surface area contributed by atoms with Gasteiger partial charge in [-0.05, 0) is 43.7 Å². The first-order valence-electron chi connectivity index (χ1n) is 8.33. The molecule has 5 nitrogen and oxygen atoms in total. The summed E-state index contributed by atoms with van der Waals surface area (Å²) in [6, 6.07) is 11.2. The smallest absolute Gasteiger partial charge is 0.249 e. The third kappa shape index (κ3) is 3.58. The molecule has 1 atom stereocenters. The number of halogens is 1. The number of hydrogen-bond acceptors (Lipinski definition) is 4. The molecular formula is C19H21FN2O3. The van der Waals surface area contributed by atoms with Crippen LogP contribution < -0.4 is 15.0 Å². The van der Waals surface area contributed by atoms with Gasteiger partial charge >= 0.3 is 0 Å². The molecule has 1 aliphatic rings. The van der Waals surface area contributed by atoms with E-state index in [2.05, 4.69) is 5.32 Å². The first kappa shape index (κ1) is 17.2. The lowest BCUT2D eigenvalue weighted by Gasteiger charge is -2.19. The number of aliphatic hydroxyl groups excluding tert-OH is 1. The van der Waals surface area contributed by atoms with Crippen molar-refractivity contribution >= 4 is 17.3 Å². The Kier molecular flexibility index (Phi) is 5.19. The molecule has 1 amide bonds. The Morgan fingerprint density at radius 1 is 1.32 bits per heavy atom. The Hall–Kier alpha value is -2.60. The summed E-state index contributed by atoms with van der Waals surface area (Å²) < 4.78 is 19.4. The van der Waals surface area contributed by atoms with Gasteiger partial charge in [0.05, 0.1) is 18.9 Å². The highest BCUT2D eigenvalue weighted by atomic mass is 19.1. The van der Waals surface area contributed by atoms with E-state index in [-0.39, 0.29) is 12.5 Å². The van der Waals surface area contributed by atoms with Gasteiger partial charge in [-0.2, -0.15) is 0 Å². The third-order valence-corrected chi connectivity index (χ3v) is 4.22. The number of nitrogens with zero attached hydrogens (tertiary/aromatic N) is 1. The minimum atomic E-state index is -0.427. The van der Waals surface area contributed by atoms with Gasteiger partial charge in [0.1, 0.15) is 17.6 Å². The highest BCUT2D eigenvalue weighted by molar-refractivity contribution is 6.01. The van der Waals surface area contributed by atoms with E-state index in [1.54, 1.807) is 30.3 Å². The predicted octanol–water partition coefficient (Wildman–Crippen LogP) is 2.93. The van der Waals surface area contributed by atoms with Crippen LogP contribution in [0.4, 0.5) is 15.8 Å². The van der Waals surface area contributed by atoms with Crippen LogP contribution in [0.25, 0.3) is 0 Å². The second-order valence-corrected chi connectivity index (χ2v) is 5.84. The monoisotopic (exact) mass is 344 g/mol. The highest BCUT2D eigenvalue weighted by Crippen LogP contribution is 2.28. The molecule has 132 valence electrons. The zero-order chi connectivity index (χ0) is 17.8. The number of rotatable bonds is 6. The summed E-state index contributed by atoms with van der Waals surface area (Å²) >= 11 is 0. The predicted molar refractivity (Wildman–Crippen MR) is 94.3 cm³/mol. The summed E-state index contributed by atoms with van der Waals surface area (Å²) in [5.74, 6) is 0.0611. The van der Waals surface area contributed by atoms with Gasteiger partial charge in [-0.3, -0.25) is 4.79 Å². The van der Waals surface area contributed by atoms with Crippen molar-refractivity contribution in [3.63, 3.8) is 0 Å². The van der Waals surface area contributed by atoms with E-state index in [1.807, 2.05) is 13.0 Å². The minimum absolute atomic E-state index is 0.148. The summed E-state index contributed by atoms with van der Waals surface area (Å²) in [6.45, 7) is 2.70. The lowest BCUT2D eigenvalue weighted by Crippen LogP contribution is -2.33. The quantitative estimate of drug-likeness (QED) is 0.846. The van der Waals surface area contributed by atoms with Gasteiger partial charge in [0.15, 0.2) is 0 Å². The summed E-state index contributed by atoms with van der Waals surface area (Å²) in [7, 11) is 0. The van der Waals surface area contributed by atoms with E-state index < -0.39 is 11.9 Å². The maximum Gasteiger partial charge on any atom is 0.249 e. The van der Waals surface area contributed by atoms with Crippen LogP contribution in [0.15, 0.2) is 42.5 Å². The fraction of sp³-hybridized carbons (Fsp3) is 0.316. The van der Waals surface area contributed by atoms with Crippen molar-refractivity contribution in [2.24, 2.45) is 0 Å². The van der Waals surface area contributed by atoms with Crippen LogP contribution >= 0.6 is 0 Å². The molecule has 0 unspecified atom stereocenters. The Bertz CT molecular complexity index is 766. The lowest BCUT2D eigenvalue weighted by atomic mass is 10.1. The number of aliphatic hydroxyl groups is 1. The van der Waals surface area contributed by atoms with E-state index in [0.717, 1.165) is 5.69 Å². The van der Waals surface area contributed by atoms with E-state index >= 15 is 0 Å². The van der Waals surface area contributed by atoms with E-state index in [9.17, 15) is 14.3 Å². The summed E-state index contributed by atoms with van der Waals surface area (Å²) in [5.41, 5.74) is 1.68. The van der Waals surface area contributed by atoms with Crippen molar-refractivity contribution in [2.75, 3.05) is 23.4 Å². The van der Waals surface area contributed by atoms with Crippen LogP contribution in [0.2, 0.25) is 0 Å². The molecular weight excluding hydrogens is 323 g/mol. The second kappa shape index (κ2) is 7.53. The number of amides is 1. The number of carbonyl (C=O) groups is 1.